The molecular formula is C13H15NO5. The fourth-order valence-electron chi connectivity index (χ4n) is 1.55. The van der Waals surface area contributed by atoms with Crippen molar-refractivity contribution in [2.75, 3.05) is 13.1 Å². The fourth-order valence-corrected chi connectivity index (χ4v) is 1.55. The molecule has 0 heterocycles. The predicted molar refractivity (Wildman–Crippen MR) is 66.7 cm³/mol. The number of rotatable bonds is 6. The average Bonchev–Trinajstić information content (AvgIpc) is 2.30. The number of nitrogens with zero attached hydrogens (tertiary/aromatic N) is 1. The second kappa shape index (κ2) is 6.53. The maximum Gasteiger partial charge on any atom is 0.323 e. The Morgan fingerprint density at radius 2 is 1.47 bits per heavy atom. The van der Waals surface area contributed by atoms with E-state index in [1.807, 2.05) is 19.1 Å². The molecule has 0 fully saturated rings. The third kappa shape index (κ3) is 5.20. The maximum absolute atomic E-state index is 11.9. The Morgan fingerprint density at radius 3 is 1.89 bits per heavy atom. The topological polar surface area (TPSA) is 94.9 Å². The van der Waals surface area contributed by atoms with E-state index < -0.39 is 30.9 Å². The lowest BCUT2D eigenvalue weighted by molar-refractivity contribution is -0.149. The van der Waals surface area contributed by atoms with Crippen LogP contribution in [0.5, 0.6) is 0 Å². The summed E-state index contributed by atoms with van der Waals surface area (Å²) >= 11 is 0. The van der Waals surface area contributed by atoms with Gasteiger partial charge in [0.25, 0.3) is 0 Å². The normalized spacial score (nSPS) is 9.95. The number of carbonyl (C=O) groups excluding carboxylic acids is 1. The van der Waals surface area contributed by atoms with Crippen molar-refractivity contribution in [1.82, 2.24) is 4.90 Å². The lowest BCUT2D eigenvalue weighted by Crippen LogP contribution is -2.40. The molecule has 0 unspecified atom stereocenters. The first-order valence-corrected chi connectivity index (χ1v) is 5.65. The molecule has 1 aromatic carbocycles. The first-order chi connectivity index (χ1) is 8.88. The van der Waals surface area contributed by atoms with Crippen LogP contribution < -0.4 is 0 Å². The number of aliphatic carboxylic acids is 2. The highest BCUT2D eigenvalue weighted by molar-refractivity contribution is 5.86. The number of hydrogen-bond donors (Lipinski definition) is 2. The molecule has 0 aliphatic rings. The van der Waals surface area contributed by atoms with Gasteiger partial charge in [-0.25, -0.2) is 0 Å². The van der Waals surface area contributed by atoms with Crippen LogP contribution in [0.15, 0.2) is 24.3 Å². The largest absolute Gasteiger partial charge is 0.480 e. The molecule has 19 heavy (non-hydrogen) atoms. The summed E-state index contributed by atoms with van der Waals surface area (Å²) in [6, 6.07) is 7.18. The molecule has 0 spiro atoms. The van der Waals surface area contributed by atoms with Gasteiger partial charge in [0.05, 0.1) is 6.42 Å². The molecule has 102 valence electrons. The van der Waals surface area contributed by atoms with Gasteiger partial charge in [-0.3, -0.25) is 14.4 Å². The van der Waals surface area contributed by atoms with Gasteiger partial charge in [-0.15, -0.1) is 0 Å². The Bertz CT molecular complexity index is 464. The van der Waals surface area contributed by atoms with Crippen LogP contribution in [-0.2, 0) is 20.8 Å². The molecule has 0 radical (unpaired) electrons. The van der Waals surface area contributed by atoms with Gasteiger partial charge >= 0.3 is 11.9 Å². The molecule has 1 amide bonds. The van der Waals surface area contributed by atoms with E-state index in [0.29, 0.717) is 0 Å². The van der Waals surface area contributed by atoms with Crippen molar-refractivity contribution in [3.8, 4) is 0 Å². The molecule has 0 bridgehead atoms. The van der Waals surface area contributed by atoms with E-state index in [0.717, 1.165) is 16.0 Å². The molecule has 2 N–H and O–H groups in total. The van der Waals surface area contributed by atoms with E-state index in [-0.39, 0.29) is 6.42 Å². The smallest absolute Gasteiger partial charge is 0.323 e. The average molecular weight is 265 g/mol. The minimum absolute atomic E-state index is 0.0131. The number of carboxylic acids is 2. The number of hydrogen-bond acceptors (Lipinski definition) is 3. The van der Waals surface area contributed by atoms with Crippen molar-refractivity contribution in [2.24, 2.45) is 0 Å². The highest BCUT2D eigenvalue weighted by Gasteiger charge is 2.19. The third-order valence-corrected chi connectivity index (χ3v) is 2.48. The van der Waals surface area contributed by atoms with Crippen molar-refractivity contribution >= 4 is 17.8 Å². The van der Waals surface area contributed by atoms with Crippen molar-refractivity contribution in [2.45, 2.75) is 13.3 Å². The Hall–Kier alpha value is -2.37. The molecule has 0 atom stereocenters. The summed E-state index contributed by atoms with van der Waals surface area (Å²) in [7, 11) is 0. The summed E-state index contributed by atoms with van der Waals surface area (Å²) < 4.78 is 0. The Morgan fingerprint density at radius 1 is 1.00 bits per heavy atom. The molecule has 0 aliphatic carbocycles. The minimum atomic E-state index is -1.24. The van der Waals surface area contributed by atoms with Gasteiger partial charge in [0, 0.05) is 0 Å². The lowest BCUT2D eigenvalue weighted by atomic mass is 10.1. The molecule has 0 aromatic heterocycles. The molecule has 0 saturated carbocycles. The van der Waals surface area contributed by atoms with Crippen LogP contribution in [0, 0.1) is 6.92 Å². The van der Waals surface area contributed by atoms with Gasteiger partial charge in [0.2, 0.25) is 5.91 Å². The van der Waals surface area contributed by atoms with Gasteiger partial charge in [0.15, 0.2) is 0 Å². The second-order valence-corrected chi connectivity index (χ2v) is 4.20. The van der Waals surface area contributed by atoms with Crippen LogP contribution in [0.2, 0.25) is 0 Å². The van der Waals surface area contributed by atoms with Gasteiger partial charge in [-0.05, 0) is 12.5 Å². The van der Waals surface area contributed by atoms with Crippen molar-refractivity contribution in [1.29, 1.82) is 0 Å². The summed E-state index contributed by atoms with van der Waals surface area (Å²) in [4.78, 5) is 33.9. The number of amides is 1. The van der Waals surface area contributed by atoms with Gasteiger partial charge in [-0.2, -0.15) is 0 Å². The SMILES string of the molecule is Cc1ccc(CC(=O)N(CC(=O)O)CC(=O)O)cc1. The van der Waals surface area contributed by atoms with E-state index in [1.165, 1.54) is 0 Å². The standard InChI is InChI=1S/C13H15NO5/c1-9-2-4-10(5-3-9)6-11(15)14(7-12(16)17)8-13(18)19/h2-5H,6-8H2,1H3,(H,16,17)(H,18,19). The van der Waals surface area contributed by atoms with Gasteiger partial charge < -0.3 is 15.1 Å². The van der Waals surface area contributed by atoms with E-state index >= 15 is 0 Å². The highest BCUT2D eigenvalue weighted by atomic mass is 16.4. The maximum atomic E-state index is 11.9. The Labute approximate surface area is 110 Å². The first-order valence-electron chi connectivity index (χ1n) is 5.65. The summed E-state index contributed by atoms with van der Waals surface area (Å²) in [6.45, 7) is 0.681. The summed E-state index contributed by atoms with van der Waals surface area (Å²) in [5, 5.41) is 17.3. The molecular weight excluding hydrogens is 250 g/mol. The zero-order valence-electron chi connectivity index (χ0n) is 10.5. The van der Waals surface area contributed by atoms with Crippen LogP contribution in [-0.4, -0.2) is 46.0 Å². The van der Waals surface area contributed by atoms with Crippen LogP contribution in [0.1, 0.15) is 11.1 Å². The molecule has 0 aliphatic heterocycles. The zero-order valence-corrected chi connectivity index (χ0v) is 10.5. The van der Waals surface area contributed by atoms with E-state index in [2.05, 4.69) is 0 Å². The molecule has 6 nitrogen and oxygen atoms in total. The summed E-state index contributed by atoms with van der Waals surface area (Å²) in [6.07, 6.45) is -0.0131. The second-order valence-electron chi connectivity index (χ2n) is 4.20. The molecule has 6 heteroatoms. The zero-order chi connectivity index (χ0) is 14.4. The van der Waals surface area contributed by atoms with Crippen LogP contribution in [0.3, 0.4) is 0 Å². The molecule has 0 saturated heterocycles. The quantitative estimate of drug-likeness (QED) is 0.782. The van der Waals surface area contributed by atoms with Crippen molar-refractivity contribution < 1.29 is 24.6 Å². The predicted octanol–water partition coefficient (Wildman–Crippen LogP) is 0.535. The highest BCUT2D eigenvalue weighted by Crippen LogP contribution is 2.06. The molecule has 1 rings (SSSR count). The minimum Gasteiger partial charge on any atom is -0.480 e. The first kappa shape index (κ1) is 14.7. The fraction of sp³-hybridized carbons (Fsp3) is 0.308. The number of carbonyl (C=O) groups is 3. The Kier molecular flexibility index (Phi) is 5.05. The van der Waals surface area contributed by atoms with E-state index in [1.54, 1.807) is 12.1 Å². The van der Waals surface area contributed by atoms with Crippen molar-refractivity contribution in [3.05, 3.63) is 35.4 Å². The van der Waals surface area contributed by atoms with Crippen LogP contribution in [0.4, 0.5) is 0 Å². The number of benzene rings is 1. The van der Waals surface area contributed by atoms with Crippen LogP contribution in [0.25, 0.3) is 0 Å². The third-order valence-electron chi connectivity index (χ3n) is 2.48. The van der Waals surface area contributed by atoms with Crippen molar-refractivity contribution in [3.63, 3.8) is 0 Å². The monoisotopic (exact) mass is 265 g/mol. The molecule has 1 aromatic rings. The summed E-state index contributed by atoms with van der Waals surface area (Å²) in [5.74, 6) is -2.99. The van der Waals surface area contributed by atoms with Gasteiger partial charge in [-0.1, -0.05) is 29.8 Å². The Balaban J connectivity index is 2.73. The number of aryl methyl sites for hydroxylation is 1. The number of carboxylic acid groups (broad SMARTS) is 2. The summed E-state index contributed by atoms with van der Waals surface area (Å²) in [5.41, 5.74) is 1.76. The lowest BCUT2D eigenvalue weighted by Gasteiger charge is -2.18. The van der Waals surface area contributed by atoms with Crippen LogP contribution >= 0.6 is 0 Å². The van der Waals surface area contributed by atoms with Gasteiger partial charge in [0.1, 0.15) is 13.1 Å². The van der Waals surface area contributed by atoms with E-state index in [9.17, 15) is 14.4 Å². The van der Waals surface area contributed by atoms with E-state index in [4.69, 9.17) is 10.2 Å².